The fraction of sp³-hybridized carbons (Fsp3) is 0.706. The zero-order chi connectivity index (χ0) is 23.1. The lowest BCUT2D eigenvalue weighted by molar-refractivity contribution is -0.142. The van der Waals surface area contributed by atoms with E-state index >= 15 is 0 Å². The Morgan fingerprint density at radius 2 is 1.50 bits per heavy atom. The average molecular weight is 431 g/mol. The summed E-state index contributed by atoms with van der Waals surface area (Å²) in [4.78, 5) is 51.5. The van der Waals surface area contributed by atoms with Crippen molar-refractivity contribution in [3.63, 3.8) is 0 Å². The molecule has 0 fully saturated rings. The van der Waals surface area contributed by atoms with Crippen molar-refractivity contribution in [2.24, 2.45) is 27.9 Å². The van der Waals surface area contributed by atoms with Crippen molar-refractivity contribution < 1.29 is 24.3 Å². The first-order valence-electron chi connectivity index (χ1n) is 9.70. The van der Waals surface area contributed by atoms with E-state index in [1.165, 1.54) is 6.92 Å². The number of carbonyl (C=O) groups is 4. The zero-order valence-electron chi connectivity index (χ0n) is 17.2. The summed E-state index contributed by atoms with van der Waals surface area (Å²) < 4.78 is 0. The van der Waals surface area contributed by atoms with Crippen molar-refractivity contribution in [3.8, 4) is 0 Å². The topological polar surface area (TPSA) is 241 Å². The van der Waals surface area contributed by atoms with Gasteiger partial charge in [-0.15, -0.1) is 0 Å². The highest BCUT2D eigenvalue weighted by Gasteiger charge is 2.27. The lowest BCUT2D eigenvalue weighted by Gasteiger charge is -2.23. The number of aliphatic imine (C=N–C) groups is 1. The number of guanidine groups is 1. The maximum Gasteiger partial charge on any atom is 0.326 e. The third-order valence-corrected chi connectivity index (χ3v) is 4.10. The molecule has 3 atom stereocenters. The highest BCUT2D eigenvalue weighted by atomic mass is 16.4. The fourth-order valence-electron chi connectivity index (χ4n) is 2.46. The molecule has 0 aliphatic carbocycles. The molecule has 0 spiro atoms. The van der Waals surface area contributed by atoms with Gasteiger partial charge in [0.25, 0.3) is 0 Å². The predicted molar refractivity (Wildman–Crippen MR) is 111 cm³/mol. The van der Waals surface area contributed by atoms with Crippen LogP contribution in [0.25, 0.3) is 0 Å². The Balaban J connectivity index is 5.03. The van der Waals surface area contributed by atoms with E-state index in [2.05, 4.69) is 20.9 Å². The van der Waals surface area contributed by atoms with Gasteiger partial charge in [-0.2, -0.15) is 0 Å². The van der Waals surface area contributed by atoms with Crippen molar-refractivity contribution in [2.45, 2.75) is 57.2 Å². The number of rotatable bonds is 15. The Morgan fingerprint density at radius 1 is 0.900 bits per heavy atom. The summed E-state index contributed by atoms with van der Waals surface area (Å²) in [6.45, 7) is 1.80. The minimum absolute atomic E-state index is 0.101. The Labute approximate surface area is 175 Å². The van der Waals surface area contributed by atoms with Crippen molar-refractivity contribution in [1.82, 2.24) is 16.0 Å². The summed E-state index contributed by atoms with van der Waals surface area (Å²) in [7, 11) is 0. The summed E-state index contributed by atoms with van der Waals surface area (Å²) in [5.74, 6) is -3.09. The number of nitrogens with zero attached hydrogens (tertiary/aromatic N) is 1. The second-order valence-corrected chi connectivity index (χ2v) is 6.69. The third kappa shape index (κ3) is 11.8. The monoisotopic (exact) mass is 430 g/mol. The number of unbranched alkanes of at least 4 members (excludes halogenated alkanes) is 1. The van der Waals surface area contributed by atoms with Crippen molar-refractivity contribution in [3.05, 3.63) is 0 Å². The minimum Gasteiger partial charge on any atom is -0.480 e. The van der Waals surface area contributed by atoms with E-state index in [1.807, 2.05) is 0 Å². The molecule has 0 aromatic carbocycles. The van der Waals surface area contributed by atoms with E-state index in [0.29, 0.717) is 25.8 Å². The molecule has 0 bridgehead atoms. The molecule has 3 unspecified atom stereocenters. The second-order valence-electron chi connectivity index (χ2n) is 6.69. The first kappa shape index (κ1) is 27.1. The van der Waals surface area contributed by atoms with Crippen LogP contribution < -0.4 is 38.9 Å². The van der Waals surface area contributed by atoms with Crippen LogP contribution in [-0.2, 0) is 19.2 Å². The number of carboxylic acid groups (broad SMARTS) is 1. The van der Waals surface area contributed by atoms with E-state index in [-0.39, 0.29) is 31.9 Å². The van der Waals surface area contributed by atoms with Crippen LogP contribution in [0.15, 0.2) is 4.99 Å². The molecule has 12 N–H and O–H groups in total. The second kappa shape index (κ2) is 15.0. The molecular formula is C17H34N8O5. The van der Waals surface area contributed by atoms with Crippen molar-refractivity contribution in [1.29, 1.82) is 0 Å². The summed E-state index contributed by atoms with van der Waals surface area (Å²) in [6, 6.07) is -3.07. The minimum atomic E-state index is -1.22. The Morgan fingerprint density at radius 3 is 2.03 bits per heavy atom. The van der Waals surface area contributed by atoms with Gasteiger partial charge in [-0.1, -0.05) is 0 Å². The summed E-state index contributed by atoms with van der Waals surface area (Å²) in [5, 5.41) is 16.7. The van der Waals surface area contributed by atoms with E-state index in [4.69, 9.17) is 22.9 Å². The molecule has 0 radical (unpaired) electrons. The maximum absolute atomic E-state index is 12.6. The van der Waals surface area contributed by atoms with Crippen LogP contribution in [-0.4, -0.2) is 72.5 Å². The summed E-state index contributed by atoms with van der Waals surface area (Å²) >= 11 is 0. The van der Waals surface area contributed by atoms with Gasteiger partial charge in [-0.05, 0) is 45.6 Å². The quantitative estimate of drug-likeness (QED) is 0.0735. The molecule has 30 heavy (non-hydrogen) atoms. The average Bonchev–Trinajstić information content (AvgIpc) is 2.68. The molecule has 3 amide bonds. The number of nitrogens with one attached hydrogen (secondary N) is 3. The number of amides is 3. The van der Waals surface area contributed by atoms with E-state index in [0.717, 1.165) is 0 Å². The molecule has 172 valence electrons. The van der Waals surface area contributed by atoms with Gasteiger partial charge in [0, 0.05) is 6.54 Å². The van der Waals surface area contributed by atoms with Crippen LogP contribution in [0.4, 0.5) is 0 Å². The highest BCUT2D eigenvalue weighted by molar-refractivity contribution is 5.93. The maximum atomic E-state index is 12.6. The Hall–Kier alpha value is -2.93. The van der Waals surface area contributed by atoms with Gasteiger partial charge in [0.1, 0.15) is 18.1 Å². The van der Waals surface area contributed by atoms with Gasteiger partial charge < -0.3 is 44.0 Å². The molecule has 13 nitrogen and oxygen atoms in total. The summed E-state index contributed by atoms with van der Waals surface area (Å²) in [6.07, 6.45) is 1.86. The number of carbonyl (C=O) groups excluding carboxylic acids is 3. The number of hydrogen-bond donors (Lipinski definition) is 8. The van der Waals surface area contributed by atoms with Crippen LogP contribution in [0.3, 0.4) is 0 Å². The Bertz CT molecular complexity index is 609. The van der Waals surface area contributed by atoms with Gasteiger partial charge in [0.2, 0.25) is 17.7 Å². The molecule has 0 aromatic rings. The fourth-order valence-corrected chi connectivity index (χ4v) is 2.46. The Kier molecular flexibility index (Phi) is 13.5. The van der Waals surface area contributed by atoms with Crippen LogP contribution in [0.5, 0.6) is 0 Å². The van der Waals surface area contributed by atoms with Gasteiger partial charge in [0.15, 0.2) is 5.96 Å². The number of aliphatic carboxylic acids is 1. The van der Waals surface area contributed by atoms with Crippen LogP contribution >= 0.6 is 0 Å². The smallest absolute Gasteiger partial charge is 0.326 e. The van der Waals surface area contributed by atoms with Crippen molar-refractivity contribution >= 4 is 29.7 Å². The molecule has 0 rings (SSSR count). The molecule has 0 saturated heterocycles. The number of hydrogen-bond acceptors (Lipinski definition) is 7. The van der Waals surface area contributed by atoms with E-state index < -0.39 is 41.8 Å². The molecule has 0 aliphatic rings. The number of nitrogens with two attached hydrogens (primary N) is 4. The lowest BCUT2D eigenvalue weighted by Crippen LogP contribution is -2.55. The highest BCUT2D eigenvalue weighted by Crippen LogP contribution is 2.05. The summed E-state index contributed by atoms with van der Waals surface area (Å²) in [5.41, 5.74) is 21.1. The molecule has 13 heteroatoms. The standard InChI is InChI=1S/C17H34N8O5/c1-10(23-13(26)9-19)14(27)24-11(5-2-3-7-18)15(28)25-12(16(29)30)6-4-8-22-17(20)21/h10-12H,2-9,18-19H2,1H3,(H,23,26)(H,24,27)(H,25,28)(H,29,30)(H4,20,21,22). The van der Waals surface area contributed by atoms with E-state index in [9.17, 15) is 24.3 Å². The van der Waals surface area contributed by atoms with Crippen LogP contribution in [0.1, 0.15) is 39.0 Å². The normalized spacial score (nSPS) is 13.4. The van der Waals surface area contributed by atoms with Gasteiger partial charge in [0.05, 0.1) is 6.54 Å². The molecule has 0 aliphatic heterocycles. The van der Waals surface area contributed by atoms with Gasteiger partial charge in [-0.25, -0.2) is 4.79 Å². The molecule has 0 aromatic heterocycles. The van der Waals surface area contributed by atoms with Crippen LogP contribution in [0.2, 0.25) is 0 Å². The van der Waals surface area contributed by atoms with Crippen molar-refractivity contribution in [2.75, 3.05) is 19.6 Å². The lowest BCUT2D eigenvalue weighted by atomic mass is 10.1. The molecule has 0 heterocycles. The van der Waals surface area contributed by atoms with Crippen LogP contribution in [0, 0.1) is 0 Å². The first-order chi connectivity index (χ1) is 14.1. The third-order valence-electron chi connectivity index (χ3n) is 4.10. The van der Waals surface area contributed by atoms with Gasteiger partial charge >= 0.3 is 5.97 Å². The molecule has 0 saturated carbocycles. The predicted octanol–water partition coefficient (Wildman–Crippen LogP) is -3.31. The number of carboxylic acids is 1. The van der Waals surface area contributed by atoms with E-state index in [1.54, 1.807) is 0 Å². The van der Waals surface area contributed by atoms with Gasteiger partial charge in [-0.3, -0.25) is 19.4 Å². The zero-order valence-corrected chi connectivity index (χ0v) is 17.2. The SMILES string of the molecule is CC(NC(=O)CN)C(=O)NC(CCCCN)C(=O)NC(CCCN=C(N)N)C(=O)O. The molecular weight excluding hydrogens is 396 g/mol. The first-order valence-corrected chi connectivity index (χ1v) is 9.70. The largest absolute Gasteiger partial charge is 0.480 e.